The number of carboxylic acid groups (broad SMARTS) is 1. The van der Waals surface area contributed by atoms with Crippen molar-refractivity contribution in [2.24, 2.45) is 13.0 Å². The van der Waals surface area contributed by atoms with Gasteiger partial charge in [-0.2, -0.15) is 5.10 Å². The second kappa shape index (κ2) is 6.11. The fraction of sp³-hybridized carbons (Fsp3) is 0.389. The summed E-state index contributed by atoms with van der Waals surface area (Å²) in [7, 11) is 1.82. The lowest BCUT2D eigenvalue weighted by atomic mass is 9.91. The number of carbonyl (C=O) groups excluding carboxylic acids is 1. The maximum atomic E-state index is 12.5. The van der Waals surface area contributed by atoms with Crippen molar-refractivity contribution >= 4 is 11.9 Å². The summed E-state index contributed by atoms with van der Waals surface area (Å²) in [5.41, 5.74) is 4.01. The molecule has 2 aromatic rings. The highest BCUT2D eigenvalue weighted by molar-refractivity contribution is 5.87. The Kier molecular flexibility index (Phi) is 4.13. The number of carboxylic acids is 1. The van der Waals surface area contributed by atoms with Crippen LogP contribution in [0.5, 0.6) is 0 Å². The van der Waals surface area contributed by atoms with Gasteiger partial charge in [-0.1, -0.05) is 18.2 Å². The fourth-order valence-electron chi connectivity index (χ4n) is 3.31. The number of carbonyl (C=O) groups is 2. The topological polar surface area (TPSA) is 75.4 Å². The highest BCUT2D eigenvalue weighted by atomic mass is 16.4. The Morgan fingerprint density at radius 3 is 2.67 bits per heavy atom. The summed E-state index contributed by atoms with van der Waals surface area (Å²) in [4.78, 5) is 25.8. The van der Waals surface area contributed by atoms with Crippen LogP contribution < -0.4 is 0 Å². The Bertz CT molecular complexity index is 797. The van der Waals surface area contributed by atoms with Crippen LogP contribution in [0.2, 0.25) is 0 Å². The molecule has 2 heterocycles. The molecule has 1 aromatic heterocycles. The van der Waals surface area contributed by atoms with Crippen LogP contribution in [0.15, 0.2) is 30.6 Å². The number of amides is 1. The molecule has 1 aliphatic heterocycles. The average molecular weight is 327 g/mol. The van der Waals surface area contributed by atoms with E-state index in [9.17, 15) is 14.7 Å². The standard InChI is InChI=1S/C18H21N3O3/c1-11-4-5-14(6-12(11)2)17-15(18(23)24)7-16(22)21(17)10-13-8-19-20(3)9-13/h4-6,8-9,15,17H,7,10H2,1-3H3,(H,23,24)/t15-,17-/m1/s1. The van der Waals surface area contributed by atoms with Gasteiger partial charge in [0.15, 0.2) is 0 Å². The molecule has 0 bridgehead atoms. The Labute approximate surface area is 140 Å². The summed E-state index contributed by atoms with van der Waals surface area (Å²) in [6.45, 7) is 4.38. The lowest BCUT2D eigenvalue weighted by Crippen LogP contribution is -2.30. The van der Waals surface area contributed by atoms with E-state index in [1.54, 1.807) is 15.8 Å². The molecular formula is C18H21N3O3. The number of aliphatic carboxylic acids is 1. The van der Waals surface area contributed by atoms with Crippen molar-refractivity contribution in [2.75, 3.05) is 0 Å². The molecule has 0 spiro atoms. The number of aryl methyl sites for hydroxylation is 3. The molecule has 6 nitrogen and oxygen atoms in total. The van der Waals surface area contributed by atoms with Crippen LogP contribution in [0.4, 0.5) is 0 Å². The number of hydrogen-bond acceptors (Lipinski definition) is 3. The summed E-state index contributed by atoms with van der Waals surface area (Å²) >= 11 is 0. The number of aromatic nitrogens is 2. The van der Waals surface area contributed by atoms with Crippen molar-refractivity contribution in [3.8, 4) is 0 Å². The molecule has 1 saturated heterocycles. The van der Waals surface area contributed by atoms with E-state index < -0.39 is 17.9 Å². The van der Waals surface area contributed by atoms with Gasteiger partial charge in [0.25, 0.3) is 0 Å². The SMILES string of the molecule is Cc1ccc([C@@H]2[C@H](C(=O)O)CC(=O)N2Cc2cnn(C)c2)cc1C. The number of hydrogen-bond donors (Lipinski definition) is 1. The molecule has 0 aliphatic carbocycles. The van der Waals surface area contributed by atoms with E-state index in [2.05, 4.69) is 5.10 Å². The average Bonchev–Trinajstić information content (AvgIpc) is 3.07. The van der Waals surface area contributed by atoms with Crippen molar-refractivity contribution in [2.45, 2.75) is 32.9 Å². The fourth-order valence-corrected chi connectivity index (χ4v) is 3.31. The predicted molar refractivity (Wildman–Crippen MR) is 88.2 cm³/mol. The molecule has 3 rings (SSSR count). The van der Waals surface area contributed by atoms with Gasteiger partial charge in [-0.3, -0.25) is 14.3 Å². The lowest BCUT2D eigenvalue weighted by molar-refractivity contribution is -0.142. The third-order valence-corrected chi connectivity index (χ3v) is 4.73. The van der Waals surface area contributed by atoms with Crippen molar-refractivity contribution < 1.29 is 14.7 Å². The zero-order valence-corrected chi connectivity index (χ0v) is 14.1. The number of rotatable bonds is 4. The normalized spacial score (nSPS) is 20.6. The number of benzene rings is 1. The van der Waals surface area contributed by atoms with Crippen molar-refractivity contribution in [3.05, 3.63) is 52.8 Å². The van der Waals surface area contributed by atoms with Gasteiger partial charge in [0.2, 0.25) is 5.91 Å². The van der Waals surface area contributed by atoms with E-state index in [-0.39, 0.29) is 12.3 Å². The van der Waals surface area contributed by atoms with E-state index in [0.717, 1.165) is 22.3 Å². The van der Waals surface area contributed by atoms with Crippen LogP contribution in [-0.2, 0) is 23.2 Å². The second-order valence-electron chi connectivity index (χ2n) is 6.48. The molecule has 0 radical (unpaired) electrons. The second-order valence-corrected chi connectivity index (χ2v) is 6.48. The van der Waals surface area contributed by atoms with Crippen molar-refractivity contribution in [3.63, 3.8) is 0 Å². The molecule has 1 fully saturated rings. The minimum Gasteiger partial charge on any atom is -0.481 e. The molecule has 1 aliphatic rings. The number of nitrogens with zero attached hydrogens (tertiary/aromatic N) is 3. The highest BCUT2D eigenvalue weighted by Gasteiger charge is 2.44. The lowest BCUT2D eigenvalue weighted by Gasteiger charge is -2.27. The Hall–Kier alpha value is -2.63. The van der Waals surface area contributed by atoms with Crippen LogP contribution in [-0.4, -0.2) is 31.7 Å². The molecule has 126 valence electrons. The van der Waals surface area contributed by atoms with Gasteiger partial charge in [0, 0.05) is 31.8 Å². The Morgan fingerprint density at radius 2 is 2.08 bits per heavy atom. The first kappa shape index (κ1) is 16.2. The van der Waals surface area contributed by atoms with Crippen LogP contribution in [0, 0.1) is 19.8 Å². The van der Waals surface area contributed by atoms with Gasteiger partial charge < -0.3 is 10.0 Å². The molecule has 1 aromatic carbocycles. The van der Waals surface area contributed by atoms with Gasteiger partial charge in [0.1, 0.15) is 0 Å². The predicted octanol–water partition coefficient (Wildman–Crippen LogP) is 2.21. The maximum absolute atomic E-state index is 12.5. The van der Waals surface area contributed by atoms with E-state index >= 15 is 0 Å². The van der Waals surface area contributed by atoms with Gasteiger partial charge in [0.05, 0.1) is 18.2 Å². The third-order valence-electron chi connectivity index (χ3n) is 4.73. The zero-order valence-electron chi connectivity index (χ0n) is 14.1. The van der Waals surface area contributed by atoms with Gasteiger partial charge >= 0.3 is 5.97 Å². The van der Waals surface area contributed by atoms with Crippen LogP contribution >= 0.6 is 0 Å². The summed E-state index contributed by atoms with van der Waals surface area (Å²) in [6.07, 6.45) is 3.59. The molecule has 1 N–H and O–H groups in total. The molecule has 24 heavy (non-hydrogen) atoms. The van der Waals surface area contributed by atoms with E-state index in [1.807, 2.05) is 45.3 Å². The van der Waals surface area contributed by atoms with Crippen LogP contribution in [0.3, 0.4) is 0 Å². The summed E-state index contributed by atoms with van der Waals surface area (Å²) in [5, 5.41) is 13.7. The molecular weight excluding hydrogens is 306 g/mol. The van der Waals surface area contributed by atoms with E-state index in [4.69, 9.17) is 0 Å². The summed E-state index contributed by atoms with van der Waals surface area (Å²) in [6, 6.07) is 5.45. The molecule has 6 heteroatoms. The first-order valence-corrected chi connectivity index (χ1v) is 7.93. The molecule has 1 amide bonds. The van der Waals surface area contributed by atoms with Gasteiger partial charge in [-0.05, 0) is 30.5 Å². The zero-order chi connectivity index (χ0) is 17.4. The van der Waals surface area contributed by atoms with Crippen LogP contribution in [0.25, 0.3) is 0 Å². The largest absolute Gasteiger partial charge is 0.481 e. The van der Waals surface area contributed by atoms with E-state index in [0.29, 0.717) is 6.54 Å². The summed E-state index contributed by atoms with van der Waals surface area (Å²) in [5.74, 6) is -1.79. The first-order chi connectivity index (χ1) is 11.4. The molecule has 0 unspecified atom stereocenters. The van der Waals surface area contributed by atoms with Gasteiger partial charge in [-0.15, -0.1) is 0 Å². The van der Waals surface area contributed by atoms with Crippen molar-refractivity contribution in [1.82, 2.24) is 14.7 Å². The Balaban J connectivity index is 1.99. The molecule has 2 atom stereocenters. The van der Waals surface area contributed by atoms with Crippen molar-refractivity contribution in [1.29, 1.82) is 0 Å². The minimum absolute atomic E-state index is 0.0349. The maximum Gasteiger partial charge on any atom is 0.309 e. The monoisotopic (exact) mass is 327 g/mol. The quantitative estimate of drug-likeness (QED) is 0.934. The van der Waals surface area contributed by atoms with Crippen LogP contribution in [0.1, 0.15) is 34.7 Å². The smallest absolute Gasteiger partial charge is 0.309 e. The van der Waals surface area contributed by atoms with E-state index in [1.165, 1.54) is 0 Å². The molecule has 0 saturated carbocycles. The summed E-state index contributed by atoms with van der Waals surface area (Å²) < 4.78 is 1.68. The third kappa shape index (κ3) is 2.91. The Morgan fingerprint density at radius 1 is 1.33 bits per heavy atom. The van der Waals surface area contributed by atoms with Gasteiger partial charge in [-0.25, -0.2) is 0 Å². The number of likely N-dealkylation sites (tertiary alicyclic amines) is 1. The minimum atomic E-state index is -0.930. The highest BCUT2D eigenvalue weighted by Crippen LogP contribution is 2.39. The first-order valence-electron chi connectivity index (χ1n) is 7.93.